The van der Waals surface area contributed by atoms with Crippen molar-refractivity contribution in [3.8, 4) is 0 Å². The molecule has 1 atom stereocenters. The van der Waals surface area contributed by atoms with Crippen LogP contribution in [0.15, 0.2) is 4.42 Å². The van der Waals surface area contributed by atoms with Crippen LogP contribution < -0.4 is 5.32 Å². The first kappa shape index (κ1) is 14.5. The summed E-state index contributed by atoms with van der Waals surface area (Å²) in [5.74, 6) is 1.81. The molecule has 1 fully saturated rings. The van der Waals surface area contributed by atoms with Crippen molar-refractivity contribution in [3.05, 3.63) is 17.3 Å². The van der Waals surface area contributed by atoms with E-state index < -0.39 is 0 Å². The Morgan fingerprint density at radius 2 is 2.26 bits per heavy atom. The second-order valence-electron chi connectivity index (χ2n) is 5.63. The van der Waals surface area contributed by atoms with Crippen LogP contribution in [0.4, 0.5) is 0 Å². The van der Waals surface area contributed by atoms with Crippen LogP contribution in [0.25, 0.3) is 0 Å². The number of hydrogen-bond acceptors (Lipinski definition) is 4. The van der Waals surface area contributed by atoms with Crippen molar-refractivity contribution in [2.75, 3.05) is 19.6 Å². The molecule has 1 unspecified atom stereocenters. The molecule has 1 aromatic rings. The number of hydrogen-bond donors (Lipinski definition) is 1. The first-order valence-corrected chi connectivity index (χ1v) is 7.57. The Kier molecular flexibility index (Phi) is 5.40. The first-order chi connectivity index (χ1) is 9.19. The Morgan fingerprint density at radius 1 is 1.42 bits per heavy atom. The number of aryl methyl sites for hydroxylation is 2. The van der Waals surface area contributed by atoms with Gasteiger partial charge in [-0.15, -0.1) is 0 Å². The summed E-state index contributed by atoms with van der Waals surface area (Å²) in [5.41, 5.74) is 1.02. The van der Waals surface area contributed by atoms with Gasteiger partial charge in [-0.3, -0.25) is 4.90 Å². The van der Waals surface area contributed by atoms with Crippen LogP contribution in [0, 0.1) is 13.8 Å². The maximum absolute atomic E-state index is 5.72. The molecule has 0 amide bonds. The van der Waals surface area contributed by atoms with Crippen LogP contribution in [0.3, 0.4) is 0 Å². The minimum Gasteiger partial charge on any atom is -0.444 e. The van der Waals surface area contributed by atoms with Crippen LogP contribution in [0.5, 0.6) is 0 Å². The van der Waals surface area contributed by atoms with E-state index in [1.54, 1.807) is 0 Å². The zero-order valence-electron chi connectivity index (χ0n) is 12.5. The predicted octanol–water partition coefficient (Wildman–Crippen LogP) is 2.65. The van der Waals surface area contributed by atoms with Crippen LogP contribution in [0.1, 0.15) is 50.0 Å². The largest absolute Gasteiger partial charge is 0.444 e. The fraction of sp³-hybridized carbons (Fsp3) is 0.800. The maximum atomic E-state index is 5.72. The Morgan fingerprint density at radius 3 is 2.84 bits per heavy atom. The second kappa shape index (κ2) is 7.06. The lowest BCUT2D eigenvalue weighted by atomic mass is 10.2. The molecule has 1 saturated heterocycles. The van der Waals surface area contributed by atoms with E-state index in [9.17, 15) is 0 Å². The van der Waals surface area contributed by atoms with Crippen molar-refractivity contribution in [2.45, 2.75) is 59.0 Å². The van der Waals surface area contributed by atoms with Gasteiger partial charge in [0, 0.05) is 12.6 Å². The normalized spacial score (nSPS) is 19.5. The fourth-order valence-corrected chi connectivity index (χ4v) is 2.64. The van der Waals surface area contributed by atoms with Crippen molar-refractivity contribution in [1.29, 1.82) is 0 Å². The van der Waals surface area contributed by atoms with Gasteiger partial charge in [0.05, 0.1) is 12.2 Å². The molecule has 0 radical (unpaired) electrons. The van der Waals surface area contributed by atoms with Crippen LogP contribution in [-0.2, 0) is 6.54 Å². The molecule has 4 heteroatoms. The summed E-state index contributed by atoms with van der Waals surface area (Å²) in [6.45, 7) is 10.5. The van der Waals surface area contributed by atoms with Gasteiger partial charge in [-0.05, 0) is 46.2 Å². The van der Waals surface area contributed by atoms with Crippen LogP contribution >= 0.6 is 0 Å². The molecule has 1 aromatic heterocycles. The summed E-state index contributed by atoms with van der Waals surface area (Å²) >= 11 is 0. The molecule has 19 heavy (non-hydrogen) atoms. The molecule has 1 aliphatic heterocycles. The molecule has 0 saturated carbocycles. The lowest BCUT2D eigenvalue weighted by Crippen LogP contribution is -2.37. The SMILES string of the molecule is CCCCN(Cc1nc(C)c(C)o1)CC1CCCN1. The van der Waals surface area contributed by atoms with E-state index >= 15 is 0 Å². The molecule has 0 aromatic carbocycles. The van der Waals surface area contributed by atoms with E-state index in [0.717, 1.165) is 37.0 Å². The van der Waals surface area contributed by atoms with Gasteiger partial charge in [0.25, 0.3) is 0 Å². The third-order valence-electron chi connectivity index (χ3n) is 3.90. The fourth-order valence-electron chi connectivity index (χ4n) is 2.64. The second-order valence-corrected chi connectivity index (χ2v) is 5.63. The van der Waals surface area contributed by atoms with Gasteiger partial charge in [0.2, 0.25) is 5.89 Å². The van der Waals surface area contributed by atoms with Crippen molar-refractivity contribution < 1.29 is 4.42 Å². The van der Waals surface area contributed by atoms with Gasteiger partial charge < -0.3 is 9.73 Å². The molecule has 4 nitrogen and oxygen atoms in total. The summed E-state index contributed by atoms with van der Waals surface area (Å²) in [6.07, 6.45) is 5.08. The number of rotatable bonds is 7. The molecule has 0 spiro atoms. The Hall–Kier alpha value is -0.870. The quantitative estimate of drug-likeness (QED) is 0.823. The van der Waals surface area contributed by atoms with Crippen molar-refractivity contribution in [3.63, 3.8) is 0 Å². The monoisotopic (exact) mass is 265 g/mol. The minimum absolute atomic E-state index is 0.647. The van der Waals surface area contributed by atoms with Gasteiger partial charge in [0.15, 0.2) is 0 Å². The highest BCUT2D eigenvalue weighted by Gasteiger charge is 2.19. The summed E-state index contributed by atoms with van der Waals surface area (Å²) in [6, 6.07) is 0.647. The third kappa shape index (κ3) is 4.32. The van der Waals surface area contributed by atoms with Gasteiger partial charge in [-0.1, -0.05) is 13.3 Å². The summed E-state index contributed by atoms with van der Waals surface area (Å²) < 4.78 is 5.72. The van der Waals surface area contributed by atoms with Crippen LogP contribution in [-0.4, -0.2) is 35.6 Å². The number of nitrogens with zero attached hydrogens (tertiary/aromatic N) is 2. The zero-order valence-corrected chi connectivity index (χ0v) is 12.5. The minimum atomic E-state index is 0.647. The van der Waals surface area contributed by atoms with E-state index in [-0.39, 0.29) is 0 Å². The zero-order chi connectivity index (χ0) is 13.7. The Bertz CT molecular complexity index is 363. The van der Waals surface area contributed by atoms with Crippen molar-refractivity contribution >= 4 is 0 Å². The van der Waals surface area contributed by atoms with Gasteiger partial charge >= 0.3 is 0 Å². The van der Waals surface area contributed by atoms with E-state index in [2.05, 4.69) is 22.1 Å². The number of unbranched alkanes of at least 4 members (excludes halogenated alkanes) is 1. The van der Waals surface area contributed by atoms with Crippen LogP contribution in [0.2, 0.25) is 0 Å². The van der Waals surface area contributed by atoms with Gasteiger partial charge in [0.1, 0.15) is 5.76 Å². The first-order valence-electron chi connectivity index (χ1n) is 7.57. The molecule has 1 N–H and O–H groups in total. The summed E-state index contributed by atoms with van der Waals surface area (Å²) in [7, 11) is 0. The molecule has 1 aliphatic rings. The van der Waals surface area contributed by atoms with E-state index in [1.807, 2.05) is 13.8 Å². The Balaban J connectivity index is 1.91. The lowest BCUT2D eigenvalue weighted by molar-refractivity contribution is 0.215. The highest BCUT2D eigenvalue weighted by Crippen LogP contribution is 2.13. The highest BCUT2D eigenvalue weighted by atomic mass is 16.4. The average Bonchev–Trinajstić information content (AvgIpc) is 2.98. The van der Waals surface area contributed by atoms with Crippen molar-refractivity contribution in [2.24, 2.45) is 0 Å². The summed E-state index contributed by atoms with van der Waals surface area (Å²) in [5, 5.41) is 3.57. The number of oxazole rings is 1. The molecule has 0 aliphatic carbocycles. The topological polar surface area (TPSA) is 41.3 Å². The van der Waals surface area contributed by atoms with E-state index in [1.165, 1.54) is 32.2 Å². The molecular formula is C15H27N3O. The maximum Gasteiger partial charge on any atom is 0.208 e. The smallest absolute Gasteiger partial charge is 0.208 e. The van der Waals surface area contributed by atoms with E-state index in [4.69, 9.17) is 4.42 Å². The molecular weight excluding hydrogens is 238 g/mol. The summed E-state index contributed by atoms with van der Waals surface area (Å²) in [4.78, 5) is 6.99. The molecule has 2 rings (SSSR count). The molecule has 108 valence electrons. The number of aromatic nitrogens is 1. The molecule has 0 bridgehead atoms. The van der Waals surface area contributed by atoms with Crippen molar-refractivity contribution in [1.82, 2.24) is 15.2 Å². The highest BCUT2D eigenvalue weighted by molar-refractivity contribution is 5.05. The lowest BCUT2D eigenvalue weighted by Gasteiger charge is -2.24. The Labute approximate surface area is 116 Å². The van der Waals surface area contributed by atoms with Gasteiger partial charge in [-0.2, -0.15) is 0 Å². The average molecular weight is 265 g/mol. The third-order valence-corrected chi connectivity index (χ3v) is 3.90. The standard InChI is InChI=1S/C15H27N3O/c1-4-5-9-18(10-14-7-6-8-16-14)11-15-17-12(2)13(3)19-15/h14,16H,4-11H2,1-3H3. The predicted molar refractivity (Wildman–Crippen MR) is 77.2 cm³/mol. The van der Waals surface area contributed by atoms with E-state index in [0.29, 0.717) is 6.04 Å². The van der Waals surface area contributed by atoms with Gasteiger partial charge in [-0.25, -0.2) is 4.98 Å². The molecule has 2 heterocycles. The number of nitrogens with one attached hydrogen (secondary N) is 1.